The third-order valence-electron chi connectivity index (χ3n) is 1.59. The number of amides is 1. The van der Waals surface area contributed by atoms with Gasteiger partial charge in [0.25, 0.3) is 0 Å². The number of carboxylic acids is 1. The molecule has 0 spiro atoms. The summed E-state index contributed by atoms with van der Waals surface area (Å²) in [4.78, 5) is 20.9. The van der Waals surface area contributed by atoms with Crippen LogP contribution in [0, 0.1) is 0 Å². The van der Waals surface area contributed by atoms with Crippen molar-refractivity contribution in [2.45, 2.75) is 13.0 Å². The SMILES string of the molecule is CC(NC(=O)C(=O)O)c1ccsc1. The summed E-state index contributed by atoms with van der Waals surface area (Å²) in [5, 5.41) is 14.4. The lowest BCUT2D eigenvalue weighted by Crippen LogP contribution is -2.32. The van der Waals surface area contributed by atoms with Crippen LogP contribution in [0.25, 0.3) is 0 Å². The number of carbonyl (C=O) groups excluding carboxylic acids is 1. The fourth-order valence-corrected chi connectivity index (χ4v) is 1.62. The van der Waals surface area contributed by atoms with Gasteiger partial charge in [0.15, 0.2) is 0 Å². The van der Waals surface area contributed by atoms with Crippen molar-refractivity contribution in [2.24, 2.45) is 0 Å². The molecular weight excluding hydrogens is 190 g/mol. The Labute approximate surface area is 79.2 Å². The van der Waals surface area contributed by atoms with Gasteiger partial charge in [0, 0.05) is 0 Å². The van der Waals surface area contributed by atoms with E-state index < -0.39 is 11.9 Å². The Balaban J connectivity index is 2.56. The zero-order valence-electron chi connectivity index (χ0n) is 6.98. The minimum Gasteiger partial charge on any atom is -0.474 e. The van der Waals surface area contributed by atoms with Gasteiger partial charge in [-0.05, 0) is 29.3 Å². The zero-order valence-corrected chi connectivity index (χ0v) is 7.80. The summed E-state index contributed by atoms with van der Waals surface area (Å²) >= 11 is 1.50. The van der Waals surface area contributed by atoms with Crippen molar-refractivity contribution in [3.63, 3.8) is 0 Å². The van der Waals surface area contributed by atoms with Gasteiger partial charge in [-0.1, -0.05) is 0 Å². The van der Waals surface area contributed by atoms with Crippen LogP contribution in [-0.4, -0.2) is 17.0 Å². The molecule has 0 aliphatic rings. The first kappa shape index (κ1) is 9.73. The maximum atomic E-state index is 10.7. The monoisotopic (exact) mass is 199 g/mol. The summed E-state index contributed by atoms with van der Waals surface area (Å²) in [5.74, 6) is -2.43. The summed E-state index contributed by atoms with van der Waals surface area (Å²) in [6.45, 7) is 1.74. The fraction of sp³-hybridized carbons (Fsp3) is 0.250. The van der Waals surface area contributed by atoms with Gasteiger partial charge in [0.2, 0.25) is 0 Å². The highest BCUT2D eigenvalue weighted by molar-refractivity contribution is 7.07. The van der Waals surface area contributed by atoms with Crippen molar-refractivity contribution in [1.29, 1.82) is 0 Å². The quantitative estimate of drug-likeness (QED) is 0.698. The van der Waals surface area contributed by atoms with Crippen LogP contribution in [0.4, 0.5) is 0 Å². The molecule has 0 saturated heterocycles. The van der Waals surface area contributed by atoms with Gasteiger partial charge in [-0.3, -0.25) is 4.79 Å². The molecule has 1 aromatic rings. The van der Waals surface area contributed by atoms with Crippen LogP contribution in [-0.2, 0) is 9.59 Å². The molecular formula is C8H9NO3S. The number of hydrogen-bond donors (Lipinski definition) is 2. The largest absolute Gasteiger partial charge is 0.474 e. The molecule has 0 fully saturated rings. The molecule has 0 aliphatic heterocycles. The summed E-state index contributed by atoms with van der Waals surface area (Å²) in [6.07, 6.45) is 0. The predicted molar refractivity (Wildman–Crippen MR) is 48.5 cm³/mol. The van der Waals surface area contributed by atoms with Gasteiger partial charge in [0.05, 0.1) is 6.04 Å². The molecule has 1 atom stereocenters. The Morgan fingerprint density at radius 1 is 1.62 bits per heavy atom. The molecule has 1 heterocycles. The van der Waals surface area contributed by atoms with Crippen LogP contribution < -0.4 is 5.32 Å². The van der Waals surface area contributed by atoms with Crippen LogP contribution in [0.5, 0.6) is 0 Å². The number of hydrogen-bond acceptors (Lipinski definition) is 3. The first-order valence-corrected chi connectivity index (χ1v) is 4.61. The number of carbonyl (C=O) groups is 2. The molecule has 1 aromatic heterocycles. The smallest absolute Gasteiger partial charge is 0.394 e. The van der Waals surface area contributed by atoms with E-state index in [9.17, 15) is 9.59 Å². The molecule has 1 amide bonds. The minimum absolute atomic E-state index is 0.255. The maximum absolute atomic E-state index is 10.7. The Kier molecular flexibility index (Phi) is 3.02. The minimum atomic E-state index is -1.46. The summed E-state index contributed by atoms with van der Waals surface area (Å²) in [7, 11) is 0. The maximum Gasteiger partial charge on any atom is 0.394 e. The van der Waals surface area contributed by atoms with Crippen molar-refractivity contribution >= 4 is 23.2 Å². The lowest BCUT2D eigenvalue weighted by molar-refractivity contribution is -0.150. The third kappa shape index (κ3) is 2.55. The highest BCUT2D eigenvalue weighted by Crippen LogP contribution is 2.14. The number of rotatable bonds is 2. The number of carboxylic acid groups (broad SMARTS) is 1. The lowest BCUT2D eigenvalue weighted by Gasteiger charge is -2.09. The second-order valence-electron chi connectivity index (χ2n) is 2.56. The van der Waals surface area contributed by atoms with E-state index >= 15 is 0 Å². The van der Waals surface area contributed by atoms with Gasteiger partial charge >= 0.3 is 11.9 Å². The molecule has 0 radical (unpaired) electrons. The standard InChI is InChI=1S/C8H9NO3S/c1-5(6-2-3-13-4-6)9-7(10)8(11)12/h2-5H,1H3,(H,9,10)(H,11,12). The number of thiophene rings is 1. The van der Waals surface area contributed by atoms with Crippen molar-refractivity contribution in [2.75, 3.05) is 0 Å². The van der Waals surface area contributed by atoms with Crippen LogP contribution in [0.3, 0.4) is 0 Å². The van der Waals surface area contributed by atoms with Gasteiger partial charge in [-0.2, -0.15) is 11.3 Å². The van der Waals surface area contributed by atoms with E-state index in [1.807, 2.05) is 16.8 Å². The molecule has 13 heavy (non-hydrogen) atoms. The Morgan fingerprint density at radius 2 is 2.31 bits per heavy atom. The highest BCUT2D eigenvalue weighted by Gasteiger charge is 2.15. The molecule has 0 bridgehead atoms. The molecule has 5 heteroatoms. The van der Waals surface area contributed by atoms with Crippen LogP contribution in [0.15, 0.2) is 16.8 Å². The van der Waals surface area contributed by atoms with E-state index in [0.29, 0.717) is 0 Å². The van der Waals surface area contributed by atoms with E-state index in [2.05, 4.69) is 5.32 Å². The average molecular weight is 199 g/mol. The lowest BCUT2D eigenvalue weighted by atomic mass is 10.2. The predicted octanol–water partition coefficient (Wildman–Crippen LogP) is 1.01. The van der Waals surface area contributed by atoms with E-state index in [1.54, 1.807) is 6.92 Å². The number of nitrogens with one attached hydrogen (secondary N) is 1. The Hall–Kier alpha value is -1.36. The molecule has 4 nitrogen and oxygen atoms in total. The Morgan fingerprint density at radius 3 is 2.77 bits per heavy atom. The van der Waals surface area contributed by atoms with E-state index in [4.69, 9.17) is 5.11 Å². The van der Waals surface area contributed by atoms with Crippen LogP contribution in [0.1, 0.15) is 18.5 Å². The molecule has 0 aliphatic carbocycles. The second-order valence-corrected chi connectivity index (χ2v) is 3.34. The normalized spacial score (nSPS) is 12.1. The highest BCUT2D eigenvalue weighted by atomic mass is 32.1. The average Bonchev–Trinajstić information content (AvgIpc) is 2.55. The molecule has 2 N–H and O–H groups in total. The first-order chi connectivity index (χ1) is 6.11. The van der Waals surface area contributed by atoms with Gasteiger partial charge < -0.3 is 10.4 Å². The van der Waals surface area contributed by atoms with Crippen LogP contribution >= 0.6 is 11.3 Å². The van der Waals surface area contributed by atoms with E-state index in [-0.39, 0.29) is 6.04 Å². The van der Waals surface area contributed by atoms with Crippen LogP contribution in [0.2, 0.25) is 0 Å². The molecule has 1 rings (SSSR count). The second kappa shape index (κ2) is 4.04. The van der Waals surface area contributed by atoms with Crippen molar-refractivity contribution < 1.29 is 14.7 Å². The number of aliphatic carboxylic acids is 1. The molecule has 0 saturated carbocycles. The molecule has 1 unspecified atom stereocenters. The molecule has 0 aromatic carbocycles. The topological polar surface area (TPSA) is 66.4 Å². The van der Waals surface area contributed by atoms with Crippen molar-refractivity contribution in [1.82, 2.24) is 5.32 Å². The fourth-order valence-electron chi connectivity index (χ4n) is 0.863. The van der Waals surface area contributed by atoms with Gasteiger partial charge in [-0.25, -0.2) is 4.79 Å². The first-order valence-electron chi connectivity index (χ1n) is 3.67. The van der Waals surface area contributed by atoms with E-state index in [0.717, 1.165) is 5.56 Å². The summed E-state index contributed by atoms with van der Waals surface area (Å²) in [6, 6.07) is 1.59. The summed E-state index contributed by atoms with van der Waals surface area (Å²) in [5.41, 5.74) is 0.916. The van der Waals surface area contributed by atoms with Crippen molar-refractivity contribution in [3.05, 3.63) is 22.4 Å². The summed E-state index contributed by atoms with van der Waals surface area (Å²) < 4.78 is 0. The van der Waals surface area contributed by atoms with E-state index in [1.165, 1.54) is 11.3 Å². The van der Waals surface area contributed by atoms with Crippen molar-refractivity contribution in [3.8, 4) is 0 Å². The molecule has 70 valence electrons. The van der Waals surface area contributed by atoms with Gasteiger partial charge in [-0.15, -0.1) is 0 Å². The third-order valence-corrected chi connectivity index (χ3v) is 2.29. The zero-order chi connectivity index (χ0) is 9.84. The Bertz CT molecular complexity index is 307. The van der Waals surface area contributed by atoms with Gasteiger partial charge in [0.1, 0.15) is 0 Å².